The number of aromatic nitrogens is 4. The Labute approximate surface area is 173 Å². The number of benzene rings is 2. The van der Waals surface area contributed by atoms with Crippen LogP contribution in [0.5, 0.6) is 0 Å². The van der Waals surface area contributed by atoms with E-state index >= 15 is 0 Å². The van der Waals surface area contributed by atoms with E-state index in [2.05, 4.69) is 15.3 Å². The lowest BCUT2D eigenvalue weighted by Gasteiger charge is -2.26. The van der Waals surface area contributed by atoms with Crippen LogP contribution in [0.1, 0.15) is 33.0 Å². The number of nitrogens with zero attached hydrogens (tertiary/aromatic N) is 4. The summed E-state index contributed by atoms with van der Waals surface area (Å²) < 4.78 is 1.72. The summed E-state index contributed by atoms with van der Waals surface area (Å²) in [4.78, 5) is 18.5. The molecule has 29 heavy (non-hydrogen) atoms. The van der Waals surface area contributed by atoms with Crippen molar-refractivity contribution in [3.8, 4) is 5.69 Å². The molecule has 1 amide bonds. The Morgan fingerprint density at radius 1 is 1.14 bits per heavy atom. The van der Waals surface area contributed by atoms with Crippen LogP contribution in [-0.2, 0) is 13.0 Å². The molecule has 0 unspecified atom stereocenters. The van der Waals surface area contributed by atoms with Crippen molar-refractivity contribution < 1.29 is 4.79 Å². The Morgan fingerprint density at radius 3 is 2.72 bits per heavy atom. The number of hydrogen-bond acceptors (Lipinski definition) is 3. The SMILES string of the molecule is Cc1ccc(-n2nnc(C(=O)N3CCc4[nH]c5ccc(Cl)cc5c4C3)c2C)cc1. The number of halogens is 1. The number of fused-ring (bicyclic) bond motifs is 3. The first kappa shape index (κ1) is 17.9. The van der Waals surface area contributed by atoms with Gasteiger partial charge in [-0.05, 0) is 44.2 Å². The van der Waals surface area contributed by atoms with Crippen LogP contribution in [-0.4, -0.2) is 37.3 Å². The highest BCUT2D eigenvalue weighted by atomic mass is 35.5. The zero-order valence-corrected chi connectivity index (χ0v) is 17.0. The summed E-state index contributed by atoms with van der Waals surface area (Å²) in [6.45, 7) is 5.10. The van der Waals surface area contributed by atoms with E-state index in [1.54, 1.807) is 4.68 Å². The normalized spacial score (nSPS) is 13.7. The van der Waals surface area contributed by atoms with Gasteiger partial charge in [0, 0.05) is 46.7 Å². The summed E-state index contributed by atoms with van der Waals surface area (Å²) in [5.41, 5.74) is 6.56. The first-order chi connectivity index (χ1) is 14.0. The number of amides is 1. The maximum absolute atomic E-state index is 13.2. The molecule has 2 aromatic carbocycles. The quantitative estimate of drug-likeness (QED) is 0.543. The number of rotatable bonds is 2. The summed E-state index contributed by atoms with van der Waals surface area (Å²) >= 11 is 6.19. The molecule has 0 fully saturated rings. The zero-order valence-electron chi connectivity index (χ0n) is 16.2. The lowest BCUT2D eigenvalue weighted by atomic mass is 10.0. The molecule has 3 heterocycles. The molecule has 7 heteroatoms. The van der Waals surface area contributed by atoms with Gasteiger partial charge in [-0.25, -0.2) is 4.68 Å². The molecule has 0 saturated carbocycles. The lowest BCUT2D eigenvalue weighted by Crippen LogP contribution is -2.36. The standard InChI is InChI=1S/C22H20ClN5O/c1-13-3-6-16(7-4-13)28-14(2)21(25-26-28)22(29)27-10-9-20-18(12-27)17-11-15(23)5-8-19(17)24-20/h3-8,11,24H,9-10,12H2,1-2H3. The van der Waals surface area contributed by atoms with Gasteiger partial charge in [0.1, 0.15) is 0 Å². The number of carbonyl (C=O) groups excluding carboxylic acids is 1. The molecule has 0 aliphatic carbocycles. The fourth-order valence-corrected chi connectivity index (χ4v) is 4.14. The molecule has 0 atom stereocenters. The number of aryl methyl sites for hydroxylation is 1. The molecule has 5 rings (SSSR count). The second kappa shape index (κ2) is 6.74. The van der Waals surface area contributed by atoms with Crippen molar-refractivity contribution in [3.63, 3.8) is 0 Å². The van der Waals surface area contributed by atoms with Gasteiger partial charge in [-0.1, -0.05) is 34.5 Å². The van der Waals surface area contributed by atoms with E-state index in [-0.39, 0.29) is 5.91 Å². The monoisotopic (exact) mass is 405 g/mol. The van der Waals surface area contributed by atoms with E-state index in [9.17, 15) is 4.79 Å². The van der Waals surface area contributed by atoms with Gasteiger partial charge >= 0.3 is 0 Å². The summed E-state index contributed by atoms with van der Waals surface area (Å²) in [6, 6.07) is 13.8. The average molecular weight is 406 g/mol. The molecule has 1 aliphatic rings. The van der Waals surface area contributed by atoms with Gasteiger partial charge in [0.15, 0.2) is 5.69 Å². The maximum atomic E-state index is 13.2. The van der Waals surface area contributed by atoms with Crippen LogP contribution < -0.4 is 0 Å². The van der Waals surface area contributed by atoms with E-state index < -0.39 is 0 Å². The molecule has 6 nitrogen and oxygen atoms in total. The van der Waals surface area contributed by atoms with Crippen molar-refractivity contribution in [3.05, 3.63) is 75.7 Å². The molecule has 2 aromatic heterocycles. The summed E-state index contributed by atoms with van der Waals surface area (Å²) in [6.07, 6.45) is 0.776. The number of nitrogens with one attached hydrogen (secondary N) is 1. The highest BCUT2D eigenvalue weighted by molar-refractivity contribution is 6.31. The van der Waals surface area contributed by atoms with Gasteiger partial charge in [-0.2, -0.15) is 0 Å². The minimum absolute atomic E-state index is 0.0945. The molecule has 0 radical (unpaired) electrons. The second-order valence-electron chi connectivity index (χ2n) is 7.52. The van der Waals surface area contributed by atoms with E-state index in [0.717, 1.165) is 34.3 Å². The Hall–Kier alpha value is -3.12. The number of carbonyl (C=O) groups is 1. The van der Waals surface area contributed by atoms with Crippen molar-refractivity contribution in [2.24, 2.45) is 0 Å². The molecular weight excluding hydrogens is 386 g/mol. The number of H-pyrrole nitrogens is 1. The van der Waals surface area contributed by atoms with Crippen molar-refractivity contribution in [1.82, 2.24) is 24.9 Å². The fourth-order valence-electron chi connectivity index (χ4n) is 3.97. The predicted octanol–water partition coefficient (Wildman–Crippen LogP) is 4.22. The minimum atomic E-state index is -0.0945. The largest absolute Gasteiger partial charge is 0.358 e. The van der Waals surface area contributed by atoms with Crippen LogP contribution in [0.3, 0.4) is 0 Å². The topological polar surface area (TPSA) is 66.8 Å². The molecule has 4 aromatic rings. The van der Waals surface area contributed by atoms with Gasteiger partial charge in [0.05, 0.1) is 11.4 Å². The summed E-state index contributed by atoms with van der Waals surface area (Å²) in [7, 11) is 0. The van der Waals surface area contributed by atoms with Crippen LogP contribution in [0.2, 0.25) is 5.02 Å². The van der Waals surface area contributed by atoms with Gasteiger partial charge < -0.3 is 9.88 Å². The minimum Gasteiger partial charge on any atom is -0.358 e. The highest BCUT2D eigenvalue weighted by Gasteiger charge is 2.28. The van der Waals surface area contributed by atoms with Crippen LogP contribution in [0, 0.1) is 13.8 Å². The third kappa shape index (κ3) is 3.00. The fraction of sp³-hybridized carbons (Fsp3) is 0.227. The summed E-state index contributed by atoms with van der Waals surface area (Å²) in [5, 5.41) is 10.2. The van der Waals surface area contributed by atoms with Crippen molar-refractivity contribution in [1.29, 1.82) is 0 Å². The van der Waals surface area contributed by atoms with Crippen LogP contribution in [0.4, 0.5) is 0 Å². The molecule has 0 bridgehead atoms. The van der Waals surface area contributed by atoms with Crippen molar-refractivity contribution >= 4 is 28.4 Å². The predicted molar refractivity (Wildman–Crippen MR) is 113 cm³/mol. The van der Waals surface area contributed by atoms with Crippen LogP contribution >= 0.6 is 11.6 Å². The third-order valence-corrected chi connectivity index (χ3v) is 5.84. The average Bonchev–Trinajstić information content (AvgIpc) is 3.28. The van der Waals surface area contributed by atoms with Crippen molar-refractivity contribution in [2.45, 2.75) is 26.8 Å². The third-order valence-electron chi connectivity index (χ3n) is 5.60. The molecular formula is C22H20ClN5O. The first-order valence-corrected chi connectivity index (χ1v) is 9.96. The molecule has 0 spiro atoms. The molecule has 146 valence electrons. The Bertz CT molecular complexity index is 1240. The van der Waals surface area contributed by atoms with Gasteiger partial charge in [-0.3, -0.25) is 4.79 Å². The second-order valence-corrected chi connectivity index (χ2v) is 7.96. The Balaban J connectivity index is 1.46. The Kier molecular flexibility index (Phi) is 4.17. The maximum Gasteiger partial charge on any atom is 0.276 e. The first-order valence-electron chi connectivity index (χ1n) is 9.59. The molecule has 1 aliphatic heterocycles. The number of aromatic amines is 1. The van der Waals surface area contributed by atoms with E-state index in [4.69, 9.17) is 11.6 Å². The van der Waals surface area contributed by atoms with Gasteiger partial charge in [0.25, 0.3) is 5.91 Å². The molecule has 1 N–H and O–H groups in total. The van der Waals surface area contributed by atoms with Crippen LogP contribution in [0.15, 0.2) is 42.5 Å². The van der Waals surface area contributed by atoms with Gasteiger partial charge in [-0.15, -0.1) is 5.10 Å². The van der Waals surface area contributed by atoms with E-state index in [0.29, 0.717) is 23.8 Å². The zero-order chi connectivity index (χ0) is 20.1. The smallest absolute Gasteiger partial charge is 0.276 e. The highest BCUT2D eigenvalue weighted by Crippen LogP contribution is 2.30. The number of hydrogen-bond donors (Lipinski definition) is 1. The van der Waals surface area contributed by atoms with Crippen molar-refractivity contribution in [2.75, 3.05) is 6.54 Å². The van der Waals surface area contributed by atoms with Crippen LogP contribution in [0.25, 0.3) is 16.6 Å². The lowest BCUT2D eigenvalue weighted by molar-refractivity contribution is 0.0728. The summed E-state index contributed by atoms with van der Waals surface area (Å²) in [5.74, 6) is -0.0945. The van der Waals surface area contributed by atoms with E-state index in [1.807, 2.05) is 61.2 Å². The Morgan fingerprint density at radius 2 is 1.93 bits per heavy atom. The molecule has 0 saturated heterocycles. The van der Waals surface area contributed by atoms with E-state index in [1.165, 1.54) is 11.3 Å². The van der Waals surface area contributed by atoms with Gasteiger partial charge in [0.2, 0.25) is 0 Å².